The van der Waals surface area contributed by atoms with Crippen molar-refractivity contribution in [1.82, 2.24) is 10.2 Å². The van der Waals surface area contributed by atoms with Gasteiger partial charge in [0.25, 0.3) is 0 Å². The average molecular weight is 397 g/mol. The summed E-state index contributed by atoms with van der Waals surface area (Å²) >= 11 is 0. The molecule has 2 heterocycles. The molecule has 0 atom stereocenters. The fraction of sp³-hybridized carbons (Fsp3) is 0.640. The molecule has 0 radical (unpaired) electrons. The lowest BCUT2D eigenvalue weighted by atomic mass is 9.83. The number of rotatable bonds is 7. The number of para-hydroxylation sites is 1. The number of piperidine rings is 1. The molecule has 1 amide bonds. The fourth-order valence-electron chi connectivity index (χ4n) is 5.27. The highest BCUT2D eigenvalue weighted by Gasteiger charge is 2.26. The SMILES string of the molecule is CCCC(=O)N[C@H]1CC[C@H](CCN2CCC(c3coc4ccccc34)CC2)CC1. The predicted octanol–water partition coefficient (Wildman–Crippen LogP) is 5.48. The number of fused-ring (bicyclic) bond motifs is 1. The number of furan rings is 1. The molecule has 1 saturated carbocycles. The molecule has 29 heavy (non-hydrogen) atoms. The lowest BCUT2D eigenvalue weighted by Crippen LogP contribution is -2.38. The minimum atomic E-state index is 0.240. The summed E-state index contributed by atoms with van der Waals surface area (Å²) in [5.74, 6) is 1.71. The number of carbonyl (C=O) groups excluding carboxylic acids is 1. The number of hydrogen-bond donors (Lipinski definition) is 1. The van der Waals surface area contributed by atoms with Crippen LogP contribution in [0.15, 0.2) is 34.9 Å². The molecule has 1 aromatic heterocycles. The summed E-state index contributed by atoms with van der Waals surface area (Å²) in [6.45, 7) is 5.70. The van der Waals surface area contributed by atoms with Crippen LogP contribution in [0.3, 0.4) is 0 Å². The van der Waals surface area contributed by atoms with Gasteiger partial charge in [-0.3, -0.25) is 4.79 Å². The normalized spacial score (nSPS) is 24.0. The van der Waals surface area contributed by atoms with Crippen molar-refractivity contribution in [2.75, 3.05) is 19.6 Å². The Morgan fingerprint density at radius 1 is 1.10 bits per heavy atom. The van der Waals surface area contributed by atoms with E-state index in [0.717, 1.165) is 30.8 Å². The van der Waals surface area contributed by atoms with Crippen molar-refractivity contribution < 1.29 is 9.21 Å². The second-order valence-corrected chi connectivity index (χ2v) is 9.13. The summed E-state index contributed by atoms with van der Waals surface area (Å²) in [6, 6.07) is 8.84. The third kappa shape index (κ3) is 5.22. The van der Waals surface area contributed by atoms with Gasteiger partial charge < -0.3 is 14.6 Å². The van der Waals surface area contributed by atoms with Gasteiger partial charge in [-0.2, -0.15) is 0 Å². The van der Waals surface area contributed by atoms with E-state index in [1.165, 1.54) is 62.7 Å². The molecule has 0 spiro atoms. The predicted molar refractivity (Wildman–Crippen MR) is 118 cm³/mol. The van der Waals surface area contributed by atoms with Crippen molar-refractivity contribution in [3.05, 3.63) is 36.1 Å². The molecule has 4 heteroatoms. The number of amides is 1. The van der Waals surface area contributed by atoms with E-state index < -0.39 is 0 Å². The van der Waals surface area contributed by atoms with E-state index in [-0.39, 0.29) is 5.91 Å². The molecule has 1 N–H and O–H groups in total. The van der Waals surface area contributed by atoms with Gasteiger partial charge in [0.1, 0.15) is 5.58 Å². The standard InChI is InChI=1S/C25H36N2O2/c1-2-5-25(28)26-21-10-8-19(9-11-21)12-15-27-16-13-20(14-17-27)23-18-29-24-7-4-3-6-22(23)24/h3-4,6-7,18-21H,2,5,8-17H2,1H3,(H,26,28)/t19-,21-. The summed E-state index contributed by atoms with van der Waals surface area (Å²) < 4.78 is 5.76. The summed E-state index contributed by atoms with van der Waals surface area (Å²) in [7, 11) is 0. The first-order valence-corrected chi connectivity index (χ1v) is 11.7. The maximum atomic E-state index is 11.8. The van der Waals surface area contributed by atoms with Gasteiger partial charge in [-0.1, -0.05) is 25.1 Å². The highest BCUT2D eigenvalue weighted by molar-refractivity contribution is 5.81. The van der Waals surface area contributed by atoms with Gasteiger partial charge in [0.15, 0.2) is 0 Å². The number of hydrogen-bond acceptors (Lipinski definition) is 3. The summed E-state index contributed by atoms with van der Waals surface area (Å²) in [4.78, 5) is 14.4. The van der Waals surface area contributed by atoms with Crippen LogP contribution in [0.4, 0.5) is 0 Å². The van der Waals surface area contributed by atoms with Gasteiger partial charge in [-0.15, -0.1) is 0 Å². The van der Waals surface area contributed by atoms with Crippen LogP contribution < -0.4 is 5.32 Å². The van der Waals surface area contributed by atoms with Crippen molar-refractivity contribution in [3.63, 3.8) is 0 Å². The molecule has 4 rings (SSSR count). The minimum absolute atomic E-state index is 0.240. The summed E-state index contributed by atoms with van der Waals surface area (Å²) in [6.07, 6.45) is 12.3. The average Bonchev–Trinajstić information content (AvgIpc) is 3.18. The van der Waals surface area contributed by atoms with Crippen molar-refractivity contribution in [2.24, 2.45) is 5.92 Å². The van der Waals surface area contributed by atoms with E-state index in [4.69, 9.17) is 4.42 Å². The minimum Gasteiger partial charge on any atom is -0.464 e. The molecule has 1 aliphatic carbocycles. The van der Waals surface area contributed by atoms with E-state index in [1.807, 2.05) is 12.3 Å². The molecule has 2 fully saturated rings. The van der Waals surface area contributed by atoms with E-state index in [9.17, 15) is 4.79 Å². The zero-order valence-corrected chi connectivity index (χ0v) is 17.9. The molecule has 0 unspecified atom stereocenters. The van der Waals surface area contributed by atoms with Gasteiger partial charge in [0, 0.05) is 23.4 Å². The fourth-order valence-corrected chi connectivity index (χ4v) is 5.27. The summed E-state index contributed by atoms with van der Waals surface area (Å²) in [5.41, 5.74) is 2.43. The van der Waals surface area contributed by atoms with Crippen LogP contribution in [0.25, 0.3) is 11.0 Å². The number of likely N-dealkylation sites (tertiary alicyclic amines) is 1. The Labute approximate surface area is 175 Å². The monoisotopic (exact) mass is 396 g/mol. The number of carbonyl (C=O) groups is 1. The first-order valence-electron chi connectivity index (χ1n) is 11.7. The molecule has 2 aliphatic rings. The Kier molecular flexibility index (Phi) is 6.91. The topological polar surface area (TPSA) is 45.5 Å². The Balaban J connectivity index is 1.17. The second-order valence-electron chi connectivity index (χ2n) is 9.13. The van der Waals surface area contributed by atoms with E-state index >= 15 is 0 Å². The van der Waals surface area contributed by atoms with Crippen LogP contribution >= 0.6 is 0 Å². The maximum Gasteiger partial charge on any atom is 0.220 e. The molecule has 1 aromatic carbocycles. The molecule has 1 saturated heterocycles. The van der Waals surface area contributed by atoms with Gasteiger partial charge >= 0.3 is 0 Å². The number of benzene rings is 1. The largest absolute Gasteiger partial charge is 0.464 e. The van der Waals surface area contributed by atoms with Crippen LogP contribution in [0.1, 0.15) is 76.2 Å². The van der Waals surface area contributed by atoms with Gasteiger partial charge in [-0.25, -0.2) is 0 Å². The molecule has 158 valence electrons. The van der Waals surface area contributed by atoms with Gasteiger partial charge in [0.05, 0.1) is 6.26 Å². The zero-order valence-electron chi connectivity index (χ0n) is 17.9. The highest BCUT2D eigenvalue weighted by Crippen LogP contribution is 2.35. The Hall–Kier alpha value is -1.81. The Morgan fingerprint density at radius 2 is 1.86 bits per heavy atom. The Bertz CT molecular complexity index is 783. The third-order valence-corrected chi connectivity index (χ3v) is 7.08. The number of nitrogens with zero attached hydrogens (tertiary/aromatic N) is 1. The molecule has 2 aromatic rings. The van der Waals surface area contributed by atoms with Crippen molar-refractivity contribution in [2.45, 2.75) is 76.7 Å². The first-order chi connectivity index (χ1) is 14.2. The molecule has 0 bridgehead atoms. The second kappa shape index (κ2) is 9.80. The van der Waals surface area contributed by atoms with Crippen molar-refractivity contribution in [1.29, 1.82) is 0 Å². The van der Waals surface area contributed by atoms with E-state index in [0.29, 0.717) is 18.4 Å². The van der Waals surface area contributed by atoms with E-state index in [1.54, 1.807) is 0 Å². The lowest BCUT2D eigenvalue weighted by molar-refractivity contribution is -0.122. The van der Waals surface area contributed by atoms with Crippen LogP contribution in [0.2, 0.25) is 0 Å². The highest BCUT2D eigenvalue weighted by atomic mass is 16.3. The zero-order chi connectivity index (χ0) is 20.1. The molecule has 4 nitrogen and oxygen atoms in total. The van der Waals surface area contributed by atoms with E-state index in [2.05, 4.69) is 35.3 Å². The van der Waals surface area contributed by atoms with Crippen LogP contribution in [0, 0.1) is 5.92 Å². The van der Waals surface area contributed by atoms with Crippen LogP contribution in [-0.4, -0.2) is 36.5 Å². The Morgan fingerprint density at radius 3 is 2.62 bits per heavy atom. The lowest BCUT2D eigenvalue weighted by Gasteiger charge is -2.34. The van der Waals surface area contributed by atoms with Crippen LogP contribution in [0.5, 0.6) is 0 Å². The van der Waals surface area contributed by atoms with Crippen LogP contribution in [-0.2, 0) is 4.79 Å². The quantitative estimate of drug-likeness (QED) is 0.674. The van der Waals surface area contributed by atoms with Crippen molar-refractivity contribution >= 4 is 16.9 Å². The third-order valence-electron chi connectivity index (χ3n) is 7.08. The van der Waals surface area contributed by atoms with Crippen molar-refractivity contribution in [3.8, 4) is 0 Å². The summed E-state index contributed by atoms with van der Waals surface area (Å²) in [5, 5.41) is 4.52. The molecular formula is C25H36N2O2. The van der Waals surface area contributed by atoms with Gasteiger partial charge in [-0.05, 0) is 88.9 Å². The molecule has 1 aliphatic heterocycles. The molecular weight excluding hydrogens is 360 g/mol. The number of nitrogens with one attached hydrogen (secondary N) is 1. The first kappa shape index (κ1) is 20.5. The smallest absolute Gasteiger partial charge is 0.220 e. The van der Waals surface area contributed by atoms with Gasteiger partial charge in [0.2, 0.25) is 5.91 Å². The maximum absolute atomic E-state index is 11.8.